The molecule has 0 radical (unpaired) electrons. The second-order valence-corrected chi connectivity index (χ2v) is 6.61. The maximum atomic E-state index is 7.96. The first-order chi connectivity index (χ1) is 2.56. The molecule has 0 aromatic rings. The molecule has 7 heavy (non-hydrogen) atoms. The molecule has 0 aromatic heterocycles. The zero-order valence-corrected chi connectivity index (χ0v) is 5.36. The Balaban J connectivity index is 0. The molecular formula is C3H11KO2Si. The fraction of sp³-hybridized carbons (Fsp3) is 1.00. The molecular weight excluding hydrogens is 135 g/mol. The van der Waals surface area contributed by atoms with Gasteiger partial charge in [-0.25, -0.2) is 0 Å². The molecule has 0 heterocycles. The van der Waals surface area contributed by atoms with Crippen molar-refractivity contribution in [2.24, 2.45) is 0 Å². The Hall–Kier alpha value is 1.77. The predicted octanol–water partition coefficient (Wildman–Crippen LogP) is 0.662. The molecule has 0 amide bonds. The first kappa shape index (κ1) is 11.6. The predicted molar refractivity (Wildman–Crippen MR) is 34.2 cm³/mol. The minimum atomic E-state index is -1.58. The molecule has 0 saturated heterocycles. The second kappa shape index (κ2) is 4.63. The van der Waals surface area contributed by atoms with Crippen LogP contribution < -0.4 is 0 Å². The summed E-state index contributed by atoms with van der Waals surface area (Å²) in [5.74, 6) is 0. The van der Waals surface area contributed by atoms with Gasteiger partial charge in [-0.2, -0.15) is 0 Å². The summed E-state index contributed by atoms with van der Waals surface area (Å²) in [6, 6.07) is 0. The molecule has 0 aliphatic carbocycles. The third-order valence-corrected chi connectivity index (χ3v) is 0.822. The van der Waals surface area contributed by atoms with E-state index in [1.807, 2.05) is 19.6 Å². The molecule has 2 nitrogen and oxygen atoms in total. The van der Waals surface area contributed by atoms with Crippen LogP contribution >= 0.6 is 0 Å². The van der Waals surface area contributed by atoms with Crippen LogP contribution in [0.2, 0.25) is 19.6 Å². The average Bonchev–Trinajstić information content (AvgIpc) is 1.35. The molecule has 0 aromatic carbocycles. The van der Waals surface area contributed by atoms with Crippen molar-refractivity contribution in [2.75, 3.05) is 0 Å². The SMILES string of the molecule is C[Si](C)(C)OO.[KH]. The maximum absolute atomic E-state index is 7.96. The van der Waals surface area contributed by atoms with E-state index in [4.69, 9.17) is 5.26 Å². The fourth-order valence-electron chi connectivity index (χ4n) is 0. The first-order valence-corrected chi connectivity index (χ1v) is 5.29. The van der Waals surface area contributed by atoms with E-state index in [-0.39, 0.29) is 51.4 Å². The van der Waals surface area contributed by atoms with Crippen molar-refractivity contribution in [1.82, 2.24) is 0 Å². The van der Waals surface area contributed by atoms with Gasteiger partial charge >= 0.3 is 51.4 Å². The van der Waals surface area contributed by atoms with Gasteiger partial charge < -0.3 is 0 Å². The molecule has 40 valence electrons. The monoisotopic (exact) mass is 146 g/mol. The van der Waals surface area contributed by atoms with Gasteiger partial charge in [-0.1, -0.05) is 0 Å². The van der Waals surface area contributed by atoms with Gasteiger partial charge in [0, 0.05) is 0 Å². The minimum absolute atomic E-state index is 0. The van der Waals surface area contributed by atoms with Gasteiger partial charge in [-0.05, 0) is 19.6 Å². The van der Waals surface area contributed by atoms with Crippen LogP contribution in [-0.4, -0.2) is 65.0 Å². The second-order valence-electron chi connectivity index (χ2n) is 2.20. The van der Waals surface area contributed by atoms with E-state index < -0.39 is 8.32 Å². The zero-order chi connectivity index (χ0) is 5.21. The van der Waals surface area contributed by atoms with E-state index in [9.17, 15) is 0 Å². The summed E-state index contributed by atoms with van der Waals surface area (Å²) >= 11 is 0. The van der Waals surface area contributed by atoms with Crippen molar-refractivity contribution in [2.45, 2.75) is 19.6 Å². The van der Waals surface area contributed by atoms with Crippen LogP contribution in [0.4, 0.5) is 0 Å². The van der Waals surface area contributed by atoms with Gasteiger partial charge in [-0.3, -0.25) is 9.83 Å². The van der Waals surface area contributed by atoms with Gasteiger partial charge in [0.25, 0.3) is 0 Å². The van der Waals surface area contributed by atoms with Gasteiger partial charge in [-0.15, -0.1) is 0 Å². The molecule has 1 N–H and O–H groups in total. The van der Waals surface area contributed by atoms with Crippen LogP contribution in [0.1, 0.15) is 0 Å². The van der Waals surface area contributed by atoms with E-state index in [1.54, 1.807) is 0 Å². The first-order valence-electron chi connectivity index (χ1n) is 1.89. The molecule has 0 aliphatic heterocycles. The van der Waals surface area contributed by atoms with E-state index in [0.29, 0.717) is 0 Å². The number of rotatable bonds is 1. The number of hydrogen-bond donors (Lipinski definition) is 1. The van der Waals surface area contributed by atoms with Crippen LogP contribution in [0.5, 0.6) is 0 Å². The Labute approximate surface area is 87.7 Å². The molecule has 0 rings (SSSR count). The van der Waals surface area contributed by atoms with Crippen LogP contribution in [0.3, 0.4) is 0 Å². The van der Waals surface area contributed by atoms with Crippen LogP contribution in [0.15, 0.2) is 0 Å². The van der Waals surface area contributed by atoms with E-state index in [0.717, 1.165) is 0 Å². The van der Waals surface area contributed by atoms with Gasteiger partial charge in [0.1, 0.15) is 0 Å². The third-order valence-electron chi connectivity index (χ3n) is 0.274. The molecule has 0 spiro atoms. The standard InChI is InChI=1S/C3H10O2Si.K.H/c1-6(2,3)5-4;;/h4H,1-3H3;;. The summed E-state index contributed by atoms with van der Waals surface area (Å²) in [6.45, 7) is 5.73. The van der Waals surface area contributed by atoms with Gasteiger partial charge in [0.2, 0.25) is 8.32 Å². The Morgan fingerprint density at radius 2 is 1.43 bits per heavy atom. The molecule has 0 atom stereocenters. The van der Waals surface area contributed by atoms with Crippen LogP contribution in [0, 0.1) is 0 Å². The van der Waals surface area contributed by atoms with E-state index in [1.165, 1.54) is 0 Å². The Morgan fingerprint density at radius 3 is 1.43 bits per heavy atom. The third kappa shape index (κ3) is 11.4. The van der Waals surface area contributed by atoms with Crippen molar-refractivity contribution in [3.8, 4) is 0 Å². The molecule has 0 aliphatic rings. The topological polar surface area (TPSA) is 29.5 Å². The van der Waals surface area contributed by atoms with Gasteiger partial charge in [0.05, 0.1) is 0 Å². The van der Waals surface area contributed by atoms with Crippen molar-refractivity contribution < 1.29 is 9.83 Å². The van der Waals surface area contributed by atoms with Crippen molar-refractivity contribution >= 4 is 59.7 Å². The van der Waals surface area contributed by atoms with Crippen LogP contribution in [-0.2, 0) is 4.58 Å². The average molecular weight is 146 g/mol. The normalized spacial score (nSPS) is 10.3. The van der Waals surface area contributed by atoms with E-state index >= 15 is 0 Å². The van der Waals surface area contributed by atoms with Crippen molar-refractivity contribution in [3.05, 3.63) is 0 Å². The molecule has 0 fully saturated rings. The van der Waals surface area contributed by atoms with Crippen LogP contribution in [0.25, 0.3) is 0 Å². The van der Waals surface area contributed by atoms with Crippen molar-refractivity contribution in [1.29, 1.82) is 0 Å². The fourth-order valence-corrected chi connectivity index (χ4v) is 0. The summed E-state index contributed by atoms with van der Waals surface area (Å²) in [6.07, 6.45) is 0. The Bertz CT molecular complexity index is 42.7. The van der Waals surface area contributed by atoms with Gasteiger partial charge in [0.15, 0.2) is 0 Å². The summed E-state index contributed by atoms with van der Waals surface area (Å²) in [5.41, 5.74) is 0. The molecule has 0 saturated carbocycles. The summed E-state index contributed by atoms with van der Waals surface area (Å²) in [7, 11) is -1.58. The quantitative estimate of drug-likeness (QED) is 0.334. The molecule has 4 heteroatoms. The molecule has 0 unspecified atom stereocenters. The Morgan fingerprint density at radius 1 is 1.29 bits per heavy atom. The Kier molecular flexibility index (Phi) is 7.65. The summed E-state index contributed by atoms with van der Waals surface area (Å²) < 4.78 is 4.08. The van der Waals surface area contributed by atoms with Crippen molar-refractivity contribution in [3.63, 3.8) is 0 Å². The van der Waals surface area contributed by atoms with E-state index in [2.05, 4.69) is 4.58 Å². The molecule has 0 bridgehead atoms. The zero-order valence-electron chi connectivity index (χ0n) is 4.36. The number of hydrogen-bond acceptors (Lipinski definition) is 2. The summed E-state index contributed by atoms with van der Waals surface area (Å²) in [4.78, 5) is 0. The summed E-state index contributed by atoms with van der Waals surface area (Å²) in [5, 5.41) is 7.96.